The SMILES string of the molecule is Cc1cccc(N(c2cccc(C)c2)c2ccc3c(c2)C(C)(C)c2cc(N(c4cccc(C(=O)O)c4)c4ccc5ccccc5c4)ccc2-3)c1. The number of carboxylic acid groups (broad SMARTS) is 1. The van der Waals surface area contributed by atoms with Crippen LogP contribution in [-0.4, -0.2) is 11.1 Å². The topological polar surface area (TPSA) is 43.8 Å². The fourth-order valence-electron chi connectivity index (χ4n) is 7.51. The smallest absolute Gasteiger partial charge is 0.335 e. The van der Waals surface area contributed by atoms with Crippen LogP contribution in [0.15, 0.2) is 152 Å². The van der Waals surface area contributed by atoms with Gasteiger partial charge in [0.15, 0.2) is 0 Å². The van der Waals surface area contributed by atoms with E-state index >= 15 is 0 Å². The van der Waals surface area contributed by atoms with Gasteiger partial charge in [0.1, 0.15) is 0 Å². The number of hydrogen-bond donors (Lipinski definition) is 1. The van der Waals surface area contributed by atoms with E-state index in [9.17, 15) is 9.90 Å². The van der Waals surface area contributed by atoms with E-state index in [-0.39, 0.29) is 11.0 Å². The summed E-state index contributed by atoms with van der Waals surface area (Å²) in [6, 6.07) is 52.8. The zero-order valence-corrected chi connectivity index (χ0v) is 28.7. The molecule has 1 aliphatic rings. The van der Waals surface area contributed by atoms with Gasteiger partial charge in [-0.25, -0.2) is 4.79 Å². The molecule has 0 aliphatic heterocycles. The molecule has 0 radical (unpaired) electrons. The number of anilines is 6. The third kappa shape index (κ3) is 5.39. The van der Waals surface area contributed by atoms with E-state index in [1.54, 1.807) is 12.1 Å². The molecule has 244 valence electrons. The van der Waals surface area contributed by atoms with Crippen molar-refractivity contribution in [1.82, 2.24) is 0 Å². The van der Waals surface area contributed by atoms with Crippen molar-refractivity contribution < 1.29 is 9.90 Å². The fourth-order valence-corrected chi connectivity index (χ4v) is 7.51. The molecule has 7 aromatic rings. The van der Waals surface area contributed by atoms with Crippen LogP contribution in [0.25, 0.3) is 21.9 Å². The summed E-state index contributed by atoms with van der Waals surface area (Å²) in [5.74, 6) is -0.947. The lowest BCUT2D eigenvalue weighted by Crippen LogP contribution is -2.18. The summed E-state index contributed by atoms with van der Waals surface area (Å²) in [5.41, 5.74) is 13.5. The summed E-state index contributed by atoms with van der Waals surface area (Å²) in [6.45, 7) is 8.88. The standard InChI is InChI=1S/C46H38N2O2/c1-30-10-7-15-35(24-30)47(36-16-8-11-31(2)25-36)39-20-22-41-42-23-21-40(29-44(42)46(3,4)43(41)28-39)48(37-17-9-14-34(27-37)45(49)50)38-19-18-32-12-5-6-13-33(32)26-38/h5-29H,1-4H3,(H,49,50). The van der Waals surface area contributed by atoms with Crippen LogP contribution in [-0.2, 0) is 5.41 Å². The molecule has 0 saturated heterocycles. The molecule has 0 fully saturated rings. The number of benzene rings is 7. The van der Waals surface area contributed by atoms with Crippen molar-refractivity contribution >= 4 is 50.9 Å². The molecule has 0 heterocycles. The van der Waals surface area contributed by atoms with Crippen LogP contribution >= 0.6 is 0 Å². The van der Waals surface area contributed by atoms with Gasteiger partial charge in [-0.2, -0.15) is 0 Å². The molecule has 0 amide bonds. The van der Waals surface area contributed by atoms with Crippen molar-refractivity contribution in [3.63, 3.8) is 0 Å². The Labute approximate surface area is 293 Å². The third-order valence-electron chi connectivity index (χ3n) is 10.0. The zero-order valence-electron chi connectivity index (χ0n) is 28.7. The average Bonchev–Trinajstić information content (AvgIpc) is 3.34. The molecule has 4 heteroatoms. The van der Waals surface area contributed by atoms with Crippen molar-refractivity contribution in [3.8, 4) is 11.1 Å². The Bertz CT molecular complexity index is 2400. The first kappa shape index (κ1) is 31.2. The van der Waals surface area contributed by atoms with E-state index in [1.807, 2.05) is 24.3 Å². The van der Waals surface area contributed by atoms with Crippen LogP contribution in [0.4, 0.5) is 34.1 Å². The molecule has 0 atom stereocenters. The zero-order chi connectivity index (χ0) is 34.6. The number of carbonyl (C=O) groups is 1. The van der Waals surface area contributed by atoms with Crippen LogP contribution in [0.5, 0.6) is 0 Å². The summed E-state index contributed by atoms with van der Waals surface area (Å²) >= 11 is 0. The Morgan fingerprint density at radius 2 is 0.940 bits per heavy atom. The van der Waals surface area contributed by atoms with Gasteiger partial charge < -0.3 is 14.9 Å². The van der Waals surface area contributed by atoms with E-state index in [0.717, 1.165) is 44.9 Å². The van der Waals surface area contributed by atoms with Gasteiger partial charge in [-0.15, -0.1) is 0 Å². The van der Waals surface area contributed by atoms with Gasteiger partial charge in [0.05, 0.1) is 5.56 Å². The number of aryl methyl sites for hydroxylation is 2. The first-order valence-electron chi connectivity index (χ1n) is 17.0. The third-order valence-corrected chi connectivity index (χ3v) is 10.0. The Morgan fingerprint density at radius 3 is 1.48 bits per heavy atom. The first-order valence-corrected chi connectivity index (χ1v) is 17.0. The van der Waals surface area contributed by atoms with Crippen LogP contribution in [0, 0.1) is 13.8 Å². The maximum Gasteiger partial charge on any atom is 0.335 e. The molecular weight excluding hydrogens is 613 g/mol. The summed E-state index contributed by atoms with van der Waals surface area (Å²) in [4.78, 5) is 16.6. The van der Waals surface area contributed by atoms with Gasteiger partial charge in [-0.1, -0.05) is 86.6 Å². The van der Waals surface area contributed by atoms with Gasteiger partial charge in [-0.05, 0) is 137 Å². The maximum atomic E-state index is 12.1. The van der Waals surface area contributed by atoms with Crippen LogP contribution in [0.2, 0.25) is 0 Å². The minimum absolute atomic E-state index is 0.251. The molecule has 8 rings (SSSR count). The Hall–Kier alpha value is -6.13. The highest BCUT2D eigenvalue weighted by Crippen LogP contribution is 2.52. The summed E-state index contributed by atoms with van der Waals surface area (Å²) < 4.78 is 0. The number of aromatic carboxylic acids is 1. The van der Waals surface area contributed by atoms with Crippen LogP contribution < -0.4 is 9.80 Å². The molecule has 1 N–H and O–H groups in total. The Balaban J connectivity index is 1.26. The predicted molar refractivity (Wildman–Crippen MR) is 207 cm³/mol. The molecule has 1 aliphatic carbocycles. The molecule has 0 unspecified atom stereocenters. The van der Waals surface area contributed by atoms with Gasteiger partial charge >= 0.3 is 5.97 Å². The number of carboxylic acids is 1. The quantitative estimate of drug-likeness (QED) is 0.186. The second-order valence-corrected chi connectivity index (χ2v) is 13.8. The van der Waals surface area contributed by atoms with Crippen molar-refractivity contribution in [1.29, 1.82) is 0 Å². The van der Waals surface area contributed by atoms with Gasteiger partial charge in [0.25, 0.3) is 0 Å². The van der Waals surface area contributed by atoms with Crippen molar-refractivity contribution in [2.75, 3.05) is 9.80 Å². The molecule has 4 nitrogen and oxygen atoms in total. The Morgan fingerprint density at radius 1 is 0.480 bits per heavy atom. The minimum atomic E-state index is -0.947. The van der Waals surface area contributed by atoms with Crippen molar-refractivity contribution in [2.24, 2.45) is 0 Å². The highest BCUT2D eigenvalue weighted by atomic mass is 16.4. The maximum absolute atomic E-state index is 12.1. The predicted octanol–water partition coefficient (Wildman–Crippen LogP) is 12.4. The molecular formula is C46H38N2O2. The van der Waals surface area contributed by atoms with Crippen LogP contribution in [0.1, 0.15) is 46.5 Å². The largest absolute Gasteiger partial charge is 0.478 e. The summed E-state index contributed by atoms with van der Waals surface area (Å²) in [7, 11) is 0. The molecule has 0 bridgehead atoms. The lowest BCUT2D eigenvalue weighted by atomic mass is 9.82. The van der Waals surface area contributed by atoms with E-state index in [4.69, 9.17) is 0 Å². The summed E-state index contributed by atoms with van der Waals surface area (Å²) in [6.07, 6.45) is 0. The molecule has 0 aromatic heterocycles. The van der Waals surface area contributed by atoms with Crippen molar-refractivity contribution in [2.45, 2.75) is 33.1 Å². The number of nitrogens with zero attached hydrogens (tertiary/aromatic N) is 2. The van der Waals surface area contributed by atoms with Gasteiger partial charge in [0.2, 0.25) is 0 Å². The Kier molecular flexibility index (Phi) is 7.53. The second kappa shape index (κ2) is 12.1. The van der Waals surface area contributed by atoms with E-state index in [1.165, 1.54) is 33.4 Å². The van der Waals surface area contributed by atoms with E-state index < -0.39 is 5.97 Å². The average molecular weight is 651 g/mol. The number of fused-ring (bicyclic) bond motifs is 4. The lowest BCUT2D eigenvalue weighted by molar-refractivity contribution is 0.0697. The molecule has 7 aromatic carbocycles. The van der Waals surface area contributed by atoms with Crippen LogP contribution in [0.3, 0.4) is 0 Å². The normalized spacial score (nSPS) is 12.7. The fraction of sp³-hybridized carbons (Fsp3) is 0.109. The van der Waals surface area contributed by atoms with E-state index in [2.05, 4.69) is 153 Å². The number of rotatable bonds is 7. The monoisotopic (exact) mass is 650 g/mol. The molecule has 0 spiro atoms. The van der Waals surface area contributed by atoms with Gasteiger partial charge in [-0.3, -0.25) is 0 Å². The second-order valence-electron chi connectivity index (χ2n) is 13.8. The highest BCUT2D eigenvalue weighted by molar-refractivity contribution is 5.93. The minimum Gasteiger partial charge on any atom is -0.478 e. The number of hydrogen-bond acceptors (Lipinski definition) is 3. The van der Waals surface area contributed by atoms with Gasteiger partial charge in [0, 0.05) is 39.5 Å². The van der Waals surface area contributed by atoms with E-state index in [0.29, 0.717) is 0 Å². The highest BCUT2D eigenvalue weighted by Gasteiger charge is 2.37. The molecule has 0 saturated carbocycles. The van der Waals surface area contributed by atoms with Crippen molar-refractivity contribution in [3.05, 3.63) is 179 Å². The lowest BCUT2D eigenvalue weighted by Gasteiger charge is -2.29. The molecule has 50 heavy (non-hydrogen) atoms. The summed E-state index contributed by atoms with van der Waals surface area (Å²) in [5, 5.41) is 12.2. The first-order chi connectivity index (χ1) is 24.2.